The molecule has 0 saturated carbocycles. The molecule has 0 bridgehead atoms. The Morgan fingerprint density at radius 1 is 1.13 bits per heavy atom. The number of methoxy groups -OCH3 is 2. The largest absolute Gasteiger partial charge is 0.493 e. The van der Waals surface area contributed by atoms with Crippen molar-refractivity contribution in [1.82, 2.24) is 9.80 Å². The van der Waals surface area contributed by atoms with Crippen molar-refractivity contribution < 1.29 is 9.47 Å². The molecule has 0 amide bonds. The fourth-order valence-electron chi connectivity index (χ4n) is 2.35. The number of nitrogens with zero attached hydrogens (tertiary/aromatic N) is 3. The van der Waals surface area contributed by atoms with Crippen molar-refractivity contribution in [2.45, 2.75) is 13.0 Å². The molecule has 0 aliphatic carbocycles. The molecule has 130 valence electrons. The van der Waals surface area contributed by atoms with E-state index in [0.717, 1.165) is 35.0 Å². The van der Waals surface area contributed by atoms with E-state index in [1.54, 1.807) is 14.2 Å². The van der Waals surface area contributed by atoms with Crippen LogP contribution in [0.4, 0.5) is 0 Å². The van der Waals surface area contributed by atoms with Gasteiger partial charge in [-0.15, -0.1) is 30.6 Å². The Kier molecular flexibility index (Phi) is 9.71. The molecule has 6 heteroatoms. The summed E-state index contributed by atoms with van der Waals surface area (Å²) in [6.45, 7) is 4.38. The number of allylic oxidation sites excluding steroid dienone is 1. The number of hydrogen-bond acceptors (Lipinski definition) is 3. The number of guanidine groups is 1. The molecule has 0 unspecified atom stereocenters. The molecule has 0 atom stereocenters. The number of benzene rings is 1. The van der Waals surface area contributed by atoms with Crippen LogP contribution in [0.3, 0.4) is 0 Å². The average molecular weight is 433 g/mol. The molecule has 1 aromatic rings. The van der Waals surface area contributed by atoms with E-state index in [9.17, 15) is 0 Å². The first kappa shape index (κ1) is 21.6. The van der Waals surface area contributed by atoms with Crippen molar-refractivity contribution in [3.8, 4) is 11.5 Å². The molecule has 0 heterocycles. The van der Waals surface area contributed by atoms with Gasteiger partial charge in [0, 0.05) is 33.8 Å². The minimum absolute atomic E-state index is 0. The second-order valence-corrected chi connectivity index (χ2v) is 5.39. The third-order valence-electron chi connectivity index (χ3n) is 3.18. The molecular weight excluding hydrogens is 405 g/mol. The van der Waals surface area contributed by atoms with Gasteiger partial charge in [0.2, 0.25) is 0 Å². The highest BCUT2D eigenvalue weighted by atomic mass is 127. The molecule has 0 aliphatic rings. The van der Waals surface area contributed by atoms with Gasteiger partial charge in [-0.2, -0.15) is 0 Å². The molecule has 1 aromatic carbocycles. The summed E-state index contributed by atoms with van der Waals surface area (Å²) < 4.78 is 10.9. The first-order valence-electron chi connectivity index (χ1n) is 7.18. The summed E-state index contributed by atoms with van der Waals surface area (Å²) in [5.41, 5.74) is 2.13. The zero-order valence-corrected chi connectivity index (χ0v) is 17.3. The van der Waals surface area contributed by atoms with Gasteiger partial charge < -0.3 is 19.3 Å². The highest BCUT2D eigenvalue weighted by Gasteiger charge is 2.12. The number of ether oxygens (including phenoxy) is 2. The summed E-state index contributed by atoms with van der Waals surface area (Å²) in [5, 5.41) is 0. The zero-order chi connectivity index (χ0) is 16.7. The van der Waals surface area contributed by atoms with Crippen molar-refractivity contribution >= 4 is 29.9 Å². The quantitative estimate of drug-likeness (QED) is 0.299. The topological polar surface area (TPSA) is 37.3 Å². The first-order chi connectivity index (χ1) is 10.4. The standard InChI is InChI=1S/C17H27N3O2.HI/c1-8-9-14-10-13(11-15(21-6)16(14)22-7)12-18-17(19(2)3)20(4)5;/h8,10-11H,1,9,12H2,2-7H3;1H. The van der Waals surface area contributed by atoms with E-state index in [2.05, 4.69) is 17.6 Å². The Morgan fingerprint density at radius 2 is 1.74 bits per heavy atom. The number of halogens is 1. The lowest BCUT2D eigenvalue weighted by Gasteiger charge is -2.22. The highest BCUT2D eigenvalue weighted by molar-refractivity contribution is 14.0. The van der Waals surface area contributed by atoms with Gasteiger partial charge in [0.15, 0.2) is 17.5 Å². The maximum absolute atomic E-state index is 5.45. The average Bonchev–Trinajstić information content (AvgIpc) is 2.46. The molecule has 5 nitrogen and oxygen atoms in total. The lowest BCUT2D eigenvalue weighted by atomic mass is 10.1. The minimum Gasteiger partial charge on any atom is -0.493 e. The summed E-state index contributed by atoms with van der Waals surface area (Å²) in [6, 6.07) is 4.06. The zero-order valence-electron chi connectivity index (χ0n) is 14.9. The van der Waals surface area contributed by atoms with E-state index in [0.29, 0.717) is 6.54 Å². The molecule has 23 heavy (non-hydrogen) atoms. The van der Waals surface area contributed by atoms with E-state index in [1.807, 2.05) is 50.1 Å². The van der Waals surface area contributed by atoms with E-state index in [1.165, 1.54) is 0 Å². The number of rotatable bonds is 6. The molecule has 0 aliphatic heterocycles. The van der Waals surface area contributed by atoms with Crippen molar-refractivity contribution in [1.29, 1.82) is 0 Å². The summed E-state index contributed by atoms with van der Waals surface area (Å²) in [7, 11) is 11.2. The van der Waals surface area contributed by atoms with Crippen LogP contribution in [0.2, 0.25) is 0 Å². The summed E-state index contributed by atoms with van der Waals surface area (Å²) in [6.07, 6.45) is 2.58. The van der Waals surface area contributed by atoms with E-state index >= 15 is 0 Å². The Morgan fingerprint density at radius 3 is 2.17 bits per heavy atom. The molecule has 0 fully saturated rings. The van der Waals surface area contributed by atoms with Crippen LogP contribution in [-0.2, 0) is 13.0 Å². The van der Waals surface area contributed by atoms with Crippen LogP contribution in [0.25, 0.3) is 0 Å². The predicted octanol–water partition coefficient (Wildman–Crippen LogP) is 3.03. The fraction of sp³-hybridized carbons (Fsp3) is 0.471. The molecule has 0 radical (unpaired) electrons. The summed E-state index contributed by atoms with van der Waals surface area (Å²) in [4.78, 5) is 8.65. The van der Waals surface area contributed by atoms with E-state index < -0.39 is 0 Å². The van der Waals surface area contributed by atoms with Gasteiger partial charge in [-0.3, -0.25) is 0 Å². The van der Waals surface area contributed by atoms with Crippen LogP contribution in [0.15, 0.2) is 29.8 Å². The monoisotopic (exact) mass is 433 g/mol. The van der Waals surface area contributed by atoms with Crippen LogP contribution in [0.1, 0.15) is 11.1 Å². The summed E-state index contributed by atoms with van der Waals surface area (Å²) in [5.74, 6) is 2.40. The van der Waals surface area contributed by atoms with E-state index in [4.69, 9.17) is 9.47 Å². The molecule has 1 rings (SSSR count). The lowest BCUT2D eigenvalue weighted by Crippen LogP contribution is -2.35. The molecule has 0 aromatic heterocycles. The van der Waals surface area contributed by atoms with Crippen LogP contribution < -0.4 is 9.47 Å². The molecule has 0 spiro atoms. The van der Waals surface area contributed by atoms with Crippen LogP contribution in [-0.4, -0.2) is 58.2 Å². The van der Waals surface area contributed by atoms with Crippen molar-refractivity contribution in [2.24, 2.45) is 4.99 Å². The summed E-state index contributed by atoms with van der Waals surface area (Å²) >= 11 is 0. The second kappa shape index (κ2) is 10.4. The van der Waals surface area contributed by atoms with Gasteiger partial charge in [-0.1, -0.05) is 6.08 Å². The molecular formula is C17H28IN3O2. The van der Waals surface area contributed by atoms with Crippen molar-refractivity contribution in [3.63, 3.8) is 0 Å². The molecule has 0 N–H and O–H groups in total. The van der Waals surface area contributed by atoms with Gasteiger partial charge in [0.25, 0.3) is 0 Å². The van der Waals surface area contributed by atoms with Gasteiger partial charge >= 0.3 is 0 Å². The Bertz CT molecular complexity index is 533. The second-order valence-electron chi connectivity index (χ2n) is 5.39. The van der Waals surface area contributed by atoms with Crippen LogP contribution in [0.5, 0.6) is 11.5 Å². The highest BCUT2D eigenvalue weighted by Crippen LogP contribution is 2.33. The normalized spacial score (nSPS) is 9.48. The van der Waals surface area contributed by atoms with Crippen LogP contribution >= 0.6 is 24.0 Å². The maximum Gasteiger partial charge on any atom is 0.195 e. The Balaban J connectivity index is 0.00000484. The molecule has 0 saturated heterocycles. The lowest BCUT2D eigenvalue weighted by molar-refractivity contribution is 0.352. The maximum atomic E-state index is 5.45. The smallest absolute Gasteiger partial charge is 0.195 e. The van der Waals surface area contributed by atoms with Gasteiger partial charge in [-0.25, -0.2) is 4.99 Å². The predicted molar refractivity (Wildman–Crippen MR) is 107 cm³/mol. The first-order valence-corrected chi connectivity index (χ1v) is 7.18. The number of hydrogen-bond donors (Lipinski definition) is 0. The van der Waals surface area contributed by atoms with Gasteiger partial charge in [-0.05, 0) is 24.1 Å². The minimum atomic E-state index is 0. The number of aliphatic imine (C=N–C) groups is 1. The van der Waals surface area contributed by atoms with Crippen molar-refractivity contribution in [2.75, 3.05) is 42.4 Å². The Labute approximate surface area is 157 Å². The van der Waals surface area contributed by atoms with Crippen LogP contribution in [0, 0.1) is 0 Å². The van der Waals surface area contributed by atoms with Gasteiger partial charge in [0.05, 0.1) is 20.8 Å². The third kappa shape index (κ3) is 5.93. The SMILES string of the molecule is C=CCc1cc(CN=C(N(C)C)N(C)C)cc(OC)c1OC.I. The van der Waals surface area contributed by atoms with Crippen molar-refractivity contribution in [3.05, 3.63) is 35.9 Å². The van der Waals surface area contributed by atoms with Gasteiger partial charge in [0.1, 0.15) is 0 Å². The third-order valence-corrected chi connectivity index (χ3v) is 3.18. The fourth-order valence-corrected chi connectivity index (χ4v) is 2.35. The Hall–Kier alpha value is -1.44. The van der Waals surface area contributed by atoms with E-state index in [-0.39, 0.29) is 24.0 Å².